The summed E-state index contributed by atoms with van der Waals surface area (Å²) in [5.41, 5.74) is 27.9. The number of nitrogen functional groups attached to an aromatic ring is 2. The molecule has 12 heteroatoms. The summed E-state index contributed by atoms with van der Waals surface area (Å²) in [6.45, 7) is 6.53. The third-order valence-electron chi connectivity index (χ3n) is 11.8. The highest BCUT2D eigenvalue weighted by atomic mass is 16.2. The van der Waals surface area contributed by atoms with E-state index in [9.17, 15) is 9.59 Å². The van der Waals surface area contributed by atoms with Crippen LogP contribution < -0.4 is 17.2 Å². The highest BCUT2D eigenvalue weighted by Crippen LogP contribution is 2.32. The molecule has 0 unspecified atom stereocenters. The molecule has 62 heavy (non-hydrogen) atoms. The third-order valence-corrected chi connectivity index (χ3v) is 11.8. The minimum absolute atomic E-state index is 0.0367. The van der Waals surface area contributed by atoms with Gasteiger partial charge in [0, 0.05) is 62.6 Å². The van der Waals surface area contributed by atoms with Gasteiger partial charge in [-0.05, 0) is 60.1 Å². The molecule has 0 atom stereocenters. The van der Waals surface area contributed by atoms with Gasteiger partial charge in [0.05, 0.1) is 22.1 Å². The molecule has 0 aliphatic carbocycles. The number of carbonyl (C=O) groups is 2. The summed E-state index contributed by atoms with van der Waals surface area (Å²) < 4.78 is 4.59. The minimum Gasteiger partial charge on any atom is -0.382 e. The lowest BCUT2D eigenvalue weighted by Crippen LogP contribution is -2.30. The number of primary amides is 1. The number of nitrogens with zero attached hydrogens (tertiary/aromatic N) is 7. The van der Waals surface area contributed by atoms with E-state index in [0.717, 1.165) is 116 Å². The molecule has 318 valence electrons. The molecule has 0 fully saturated rings. The normalized spacial score (nSPS) is 11.6. The van der Waals surface area contributed by atoms with Crippen LogP contribution in [-0.2, 0) is 48.6 Å². The number of unbranched alkanes of at least 4 members (excludes halogenated alkanes) is 3. The predicted octanol–water partition coefficient (Wildman–Crippen LogP) is 9.00. The van der Waals surface area contributed by atoms with Crippen LogP contribution >= 0.6 is 0 Å². The zero-order valence-electron chi connectivity index (χ0n) is 35.8. The van der Waals surface area contributed by atoms with Gasteiger partial charge in [0.15, 0.2) is 11.6 Å². The molecule has 8 aromatic rings. The number of anilines is 2. The second-order valence-electron chi connectivity index (χ2n) is 16.4. The number of carbonyl (C=O) groups excluding carboxylic acids is 2. The van der Waals surface area contributed by atoms with E-state index in [2.05, 4.69) is 93.6 Å². The molecular weight excluding hydrogens is 773 g/mol. The molecule has 4 aromatic heterocycles. The van der Waals surface area contributed by atoms with Crippen molar-refractivity contribution >= 4 is 67.3 Å². The molecule has 4 aromatic carbocycles. The molecule has 6 N–H and O–H groups in total. The Labute approximate surface area is 362 Å². The SMILES string of the molecule is CCCCc1nc2c(N)nc3ccccc3c2n1Cc1ccc(CN(Cc2ccc(Cn3c(CCCC)nc4c(N)nc5ccccc5c43)cc2)C(=O)CCCCC(N)=O)cc1. The van der Waals surface area contributed by atoms with E-state index in [1.807, 2.05) is 41.3 Å². The molecule has 4 heterocycles. The Hall–Kier alpha value is -6.82. The number of para-hydroxylation sites is 2. The van der Waals surface area contributed by atoms with Gasteiger partial charge in [-0.1, -0.05) is 112 Å². The van der Waals surface area contributed by atoms with Crippen LogP contribution in [-0.4, -0.2) is 45.8 Å². The number of aromatic nitrogens is 6. The lowest BCUT2D eigenvalue weighted by molar-refractivity contribution is -0.132. The van der Waals surface area contributed by atoms with Gasteiger partial charge in [-0.25, -0.2) is 19.9 Å². The van der Waals surface area contributed by atoms with Crippen molar-refractivity contribution in [3.63, 3.8) is 0 Å². The van der Waals surface area contributed by atoms with E-state index in [4.69, 9.17) is 27.2 Å². The fraction of sp³-hybridized carbons (Fsp3) is 0.320. The van der Waals surface area contributed by atoms with Crippen molar-refractivity contribution < 1.29 is 9.59 Å². The van der Waals surface area contributed by atoms with Crippen molar-refractivity contribution in [2.45, 2.75) is 104 Å². The Morgan fingerprint density at radius 2 is 0.968 bits per heavy atom. The van der Waals surface area contributed by atoms with Crippen molar-refractivity contribution in [3.05, 3.63) is 131 Å². The summed E-state index contributed by atoms with van der Waals surface area (Å²) in [5, 5.41) is 2.06. The van der Waals surface area contributed by atoms with Crippen molar-refractivity contribution in [2.75, 3.05) is 11.5 Å². The fourth-order valence-corrected chi connectivity index (χ4v) is 8.47. The molecule has 0 saturated heterocycles. The van der Waals surface area contributed by atoms with Gasteiger partial charge in [0.1, 0.15) is 22.7 Å². The maximum atomic E-state index is 13.9. The average molecular weight is 829 g/mol. The summed E-state index contributed by atoms with van der Waals surface area (Å²) in [5.74, 6) is 2.58. The van der Waals surface area contributed by atoms with Crippen molar-refractivity contribution in [1.82, 2.24) is 34.0 Å². The first-order chi connectivity index (χ1) is 30.2. The Morgan fingerprint density at radius 3 is 1.40 bits per heavy atom. The van der Waals surface area contributed by atoms with Gasteiger partial charge in [-0.15, -0.1) is 0 Å². The summed E-state index contributed by atoms with van der Waals surface area (Å²) >= 11 is 0. The van der Waals surface area contributed by atoms with Gasteiger partial charge in [0.2, 0.25) is 11.8 Å². The monoisotopic (exact) mass is 828 g/mol. The second-order valence-corrected chi connectivity index (χ2v) is 16.4. The second kappa shape index (κ2) is 18.8. The number of benzene rings is 4. The minimum atomic E-state index is -0.349. The molecule has 12 nitrogen and oxygen atoms in total. The number of hydrogen-bond acceptors (Lipinski definition) is 8. The van der Waals surface area contributed by atoms with Gasteiger partial charge >= 0.3 is 0 Å². The van der Waals surface area contributed by atoms with Crippen molar-refractivity contribution in [2.24, 2.45) is 5.73 Å². The predicted molar refractivity (Wildman–Crippen MR) is 249 cm³/mol. The van der Waals surface area contributed by atoms with Crippen molar-refractivity contribution in [1.29, 1.82) is 0 Å². The smallest absolute Gasteiger partial charge is 0.223 e. The quantitative estimate of drug-likeness (QED) is 0.0677. The van der Waals surface area contributed by atoms with Crippen LogP contribution in [0.1, 0.15) is 99.1 Å². The third kappa shape index (κ3) is 9.09. The summed E-state index contributed by atoms with van der Waals surface area (Å²) in [6.07, 6.45) is 7.65. The number of nitrogens with two attached hydrogens (primary N) is 3. The zero-order valence-corrected chi connectivity index (χ0v) is 35.8. The van der Waals surface area contributed by atoms with Crippen LogP contribution in [0.2, 0.25) is 0 Å². The van der Waals surface area contributed by atoms with E-state index < -0.39 is 0 Å². The number of fused-ring (bicyclic) bond motifs is 6. The highest BCUT2D eigenvalue weighted by molar-refractivity contribution is 6.07. The van der Waals surface area contributed by atoms with Crippen LogP contribution in [0.5, 0.6) is 0 Å². The fourth-order valence-electron chi connectivity index (χ4n) is 8.47. The van der Waals surface area contributed by atoms with Gasteiger partial charge in [-0.2, -0.15) is 0 Å². The molecule has 8 rings (SSSR count). The Kier molecular flexibility index (Phi) is 12.7. The number of pyridine rings is 2. The maximum Gasteiger partial charge on any atom is 0.223 e. The van der Waals surface area contributed by atoms with Gasteiger partial charge < -0.3 is 31.2 Å². The Balaban J connectivity index is 1.03. The molecule has 2 amide bonds. The molecular formula is C50H56N10O2. The van der Waals surface area contributed by atoms with Crippen LogP contribution in [0.25, 0.3) is 43.9 Å². The number of aryl methyl sites for hydroxylation is 2. The lowest BCUT2D eigenvalue weighted by atomic mass is 10.1. The van der Waals surface area contributed by atoms with E-state index in [1.54, 1.807) is 0 Å². The van der Waals surface area contributed by atoms with E-state index in [1.165, 1.54) is 0 Å². The van der Waals surface area contributed by atoms with E-state index in [0.29, 0.717) is 57.1 Å². The molecule has 0 aliphatic rings. The molecule has 0 saturated carbocycles. The first kappa shape index (κ1) is 41.9. The number of hydrogen-bond donors (Lipinski definition) is 3. The zero-order chi connectivity index (χ0) is 43.2. The lowest BCUT2D eigenvalue weighted by Gasteiger charge is -2.24. The first-order valence-corrected chi connectivity index (χ1v) is 22.0. The summed E-state index contributed by atoms with van der Waals surface area (Å²) in [4.78, 5) is 46.5. The molecule has 0 bridgehead atoms. The molecule has 0 aliphatic heterocycles. The summed E-state index contributed by atoms with van der Waals surface area (Å²) in [7, 11) is 0. The Bertz CT molecular complexity index is 2680. The molecule has 0 spiro atoms. The topological polar surface area (TPSA) is 177 Å². The summed E-state index contributed by atoms with van der Waals surface area (Å²) in [6, 6.07) is 33.2. The standard InChI is InChI=1S/C50H56N10O2/c1-3-5-18-42-56-45-47(37-13-7-9-15-39(37)54-49(45)52)59(42)31-35-25-21-33(22-26-35)29-58(44(62)20-12-11-17-41(51)61)30-34-23-27-36(28-24-34)32-60-43(19-6-4-2)57-46-48(60)38-14-8-10-16-40(38)55-50(46)53/h7-10,13-16,21-28H,3-6,11-12,17-20,29-32H2,1-2H3,(H2,51,61)(H2,52,54)(H2,53,55). The number of imidazole rings is 2. The van der Waals surface area contributed by atoms with Crippen molar-refractivity contribution in [3.8, 4) is 0 Å². The van der Waals surface area contributed by atoms with E-state index in [-0.39, 0.29) is 18.2 Å². The number of rotatable bonds is 19. The molecule has 0 radical (unpaired) electrons. The average Bonchev–Trinajstić information content (AvgIpc) is 3.83. The Morgan fingerprint density at radius 1 is 0.548 bits per heavy atom. The largest absolute Gasteiger partial charge is 0.382 e. The van der Waals surface area contributed by atoms with Gasteiger partial charge in [-0.3, -0.25) is 9.59 Å². The van der Waals surface area contributed by atoms with Crippen LogP contribution in [0.3, 0.4) is 0 Å². The number of amides is 2. The first-order valence-electron chi connectivity index (χ1n) is 22.0. The van der Waals surface area contributed by atoms with Crippen LogP contribution in [0.4, 0.5) is 11.6 Å². The maximum absolute atomic E-state index is 13.9. The highest BCUT2D eigenvalue weighted by Gasteiger charge is 2.20. The van der Waals surface area contributed by atoms with E-state index >= 15 is 0 Å². The van der Waals surface area contributed by atoms with Crippen LogP contribution in [0, 0.1) is 0 Å². The van der Waals surface area contributed by atoms with Gasteiger partial charge in [0.25, 0.3) is 0 Å². The van der Waals surface area contributed by atoms with Crippen LogP contribution in [0.15, 0.2) is 97.1 Å².